The van der Waals surface area contributed by atoms with E-state index in [4.69, 9.17) is 5.21 Å². The molecule has 3 heteroatoms. The third-order valence-corrected chi connectivity index (χ3v) is 2.27. The summed E-state index contributed by atoms with van der Waals surface area (Å²) >= 11 is 1.88. The Hall–Kier alpha value is 0.270. The Labute approximate surface area is 47.2 Å². The Bertz CT molecular complexity index is 53.7. The van der Waals surface area contributed by atoms with Crippen molar-refractivity contribution in [2.75, 3.05) is 11.5 Å². The number of nitrogens with one attached hydrogen (secondary N) is 1. The summed E-state index contributed by atoms with van der Waals surface area (Å²) in [6, 6.07) is 0.366. The van der Waals surface area contributed by atoms with E-state index >= 15 is 0 Å². The molecule has 1 aliphatic rings. The molecule has 7 heavy (non-hydrogen) atoms. The van der Waals surface area contributed by atoms with Gasteiger partial charge in [0.25, 0.3) is 0 Å². The fraction of sp³-hybridized carbons (Fsp3) is 1.00. The van der Waals surface area contributed by atoms with Gasteiger partial charge in [-0.2, -0.15) is 11.8 Å². The van der Waals surface area contributed by atoms with Crippen LogP contribution in [-0.2, 0) is 0 Å². The molecule has 2 nitrogen and oxygen atoms in total. The van der Waals surface area contributed by atoms with E-state index in [-0.39, 0.29) is 0 Å². The number of hydrogen-bond acceptors (Lipinski definition) is 3. The number of rotatable bonds is 1. The van der Waals surface area contributed by atoms with Crippen LogP contribution >= 0.6 is 11.8 Å². The van der Waals surface area contributed by atoms with Gasteiger partial charge < -0.3 is 5.21 Å². The van der Waals surface area contributed by atoms with Crippen LogP contribution in [0.25, 0.3) is 0 Å². The van der Waals surface area contributed by atoms with Gasteiger partial charge in [0.2, 0.25) is 0 Å². The Morgan fingerprint density at radius 2 is 2.57 bits per heavy atom. The van der Waals surface area contributed by atoms with Crippen molar-refractivity contribution in [3.8, 4) is 0 Å². The summed E-state index contributed by atoms with van der Waals surface area (Å²) in [5.74, 6) is 2.26. The van der Waals surface area contributed by atoms with Crippen LogP contribution in [0.5, 0.6) is 0 Å². The summed E-state index contributed by atoms with van der Waals surface area (Å²) < 4.78 is 0. The van der Waals surface area contributed by atoms with E-state index in [1.165, 1.54) is 5.75 Å². The van der Waals surface area contributed by atoms with Gasteiger partial charge >= 0.3 is 0 Å². The second-order valence-electron chi connectivity index (χ2n) is 1.69. The maximum atomic E-state index is 8.30. The van der Waals surface area contributed by atoms with E-state index in [0.29, 0.717) is 6.04 Å². The number of hydrogen-bond donors (Lipinski definition) is 2. The van der Waals surface area contributed by atoms with Crippen LogP contribution in [0.3, 0.4) is 0 Å². The highest BCUT2D eigenvalue weighted by molar-refractivity contribution is 7.99. The van der Waals surface area contributed by atoms with Gasteiger partial charge in [-0.05, 0) is 12.2 Å². The monoisotopic (exact) mass is 119 g/mol. The molecular weight excluding hydrogens is 110 g/mol. The van der Waals surface area contributed by atoms with Gasteiger partial charge in [-0.3, -0.25) is 0 Å². The van der Waals surface area contributed by atoms with Gasteiger partial charge in [-0.15, -0.1) is 0 Å². The van der Waals surface area contributed by atoms with Crippen molar-refractivity contribution >= 4 is 11.8 Å². The van der Waals surface area contributed by atoms with E-state index in [1.807, 2.05) is 11.8 Å². The van der Waals surface area contributed by atoms with Crippen molar-refractivity contribution in [1.82, 2.24) is 5.48 Å². The molecular formula is C4H9NOS. The van der Waals surface area contributed by atoms with Gasteiger partial charge in [0.15, 0.2) is 0 Å². The molecule has 1 atom stereocenters. The molecule has 0 aromatic heterocycles. The quantitative estimate of drug-likeness (QED) is 0.492. The molecule has 0 aromatic rings. The average Bonchev–Trinajstić information content (AvgIpc) is 2.14. The van der Waals surface area contributed by atoms with Crippen LogP contribution in [0.4, 0.5) is 0 Å². The lowest BCUT2D eigenvalue weighted by Crippen LogP contribution is -2.24. The standard InChI is InChI=1S/C4H9NOS/c6-5-4-1-2-7-3-4/h4-6H,1-3H2. The molecule has 0 radical (unpaired) electrons. The molecule has 0 spiro atoms. The van der Waals surface area contributed by atoms with Gasteiger partial charge in [-0.1, -0.05) is 0 Å². The first-order valence-electron chi connectivity index (χ1n) is 2.41. The molecule has 1 fully saturated rings. The predicted molar refractivity (Wildman–Crippen MR) is 30.7 cm³/mol. The fourth-order valence-electron chi connectivity index (χ4n) is 0.636. The van der Waals surface area contributed by atoms with Crippen LogP contribution in [0, 0.1) is 0 Å². The van der Waals surface area contributed by atoms with E-state index < -0.39 is 0 Å². The first kappa shape index (κ1) is 5.41. The maximum Gasteiger partial charge on any atom is 0.0418 e. The van der Waals surface area contributed by atoms with Crippen LogP contribution < -0.4 is 5.48 Å². The first-order valence-corrected chi connectivity index (χ1v) is 3.56. The number of hydroxylamine groups is 1. The summed E-state index contributed by atoms with van der Waals surface area (Å²) in [7, 11) is 0. The van der Waals surface area contributed by atoms with Crippen LogP contribution in [0.2, 0.25) is 0 Å². The summed E-state index contributed by atoms with van der Waals surface area (Å²) in [6.07, 6.45) is 1.11. The second kappa shape index (κ2) is 2.55. The van der Waals surface area contributed by atoms with Gasteiger partial charge in [0.05, 0.1) is 0 Å². The Morgan fingerprint density at radius 1 is 1.71 bits per heavy atom. The minimum atomic E-state index is 0.366. The molecule has 0 aliphatic carbocycles. The van der Waals surface area contributed by atoms with Crippen LogP contribution in [0.15, 0.2) is 0 Å². The molecule has 1 saturated heterocycles. The fourth-order valence-corrected chi connectivity index (χ4v) is 1.78. The third-order valence-electron chi connectivity index (χ3n) is 1.11. The normalized spacial score (nSPS) is 31.3. The highest BCUT2D eigenvalue weighted by Crippen LogP contribution is 2.15. The molecule has 0 bridgehead atoms. The SMILES string of the molecule is ONC1CCSC1. The zero-order valence-corrected chi connectivity index (χ0v) is 4.87. The zero-order chi connectivity index (χ0) is 5.11. The smallest absolute Gasteiger partial charge is 0.0418 e. The summed E-state index contributed by atoms with van der Waals surface area (Å²) in [6.45, 7) is 0. The van der Waals surface area contributed by atoms with E-state index in [9.17, 15) is 0 Å². The van der Waals surface area contributed by atoms with Gasteiger partial charge in [-0.25, -0.2) is 5.48 Å². The van der Waals surface area contributed by atoms with Crippen molar-refractivity contribution in [1.29, 1.82) is 0 Å². The average molecular weight is 119 g/mol. The van der Waals surface area contributed by atoms with Gasteiger partial charge in [0, 0.05) is 11.8 Å². The van der Waals surface area contributed by atoms with Crippen LogP contribution in [-0.4, -0.2) is 22.8 Å². The molecule has 2 N–H and O–H groups in total. The highest BCUT2D eigenvalue weighted by Gasteiger charge is 2.12. The summed E-state index contributed by atoms with van der Waals surface area (Å²) in [4.78, 5) is 0. The van der Waals surface area contributed by atoms with Crippen LogP contribution in [0.1, 0.15) is 6.42 Å². The Morgan fingerprint density at radius 3 is 2.86 bits per heavy atom. The molecule has 42 valence electrons. The van der Waals surface area contributed by atoms with Crippen molar-refractivity contribution in [3.05, 3.63) is 0 Å². The first-order chi connectivity index (χ1) is 3.43. The molecule has 0 saturated carbocycles. The summed E-state index contributed by atoms with van der Waals surface area (Å²) in [5, 5.41) is 8.30. The lowest BCUT2D eigenvalue weighted by molar-refractivity contribution is 0.135. The molecule has 1 heterocycles. The maximum absolute atomic E-state index is 8.30. The van der Waals surface area contributed by atoms with Crippen molar-refractivity contribution in [3.63, 3.8) is 0 Å². The zero-order valence-electron chi connectivity index (χ0n) is 4.05. The lowest BCUT2D eigenvalue weighted by atomic mass is 10.3. The molecule has 1 aliphatic heterocycles. The highest BCUT2D eigenvalue weighted by atomic mass is 32.2. The van der Waals surface area contributed by atoms with E-state index in [2.05, 4.69) is 5.48 Å². The minimum Gasteiger partial charge on any atom is -0.317 e. The van der Waals surface area contributed by atoms with Crippen molar-refractivity contribution in [2.24, 2.45) is 0 Å². The predicted octanol–water partition coefficient (Wildman–Crippen LogP) is 0.471. The molecule has 0 aromatic carbocycles. The summed E-state index contributed by atoms with van der Waals surface area (Å²) in [5.41, 5.74) is 2.24. The molecule has 1 rings (SSSR count). The Kier molecular flexibility index (Phi) is 1.97. The van der Waals surface area contributed by atoms with Gasteiger partial charge in [0.1, 0.15) is 0 Å². The minimum absolute atomic E-state index is 0.366. The number of thioether (sulfide) groups is 1. The van der Waals surface area contributed by atoms with E-state index in [0.717, 1.165) is 12.2 Å². The second-order valence-corrected chi connectivity index (χ2v) is 2.84. The van der Waals surface area contributed by atoms with Crippen molar-refractivity contribution < 1.29 is 5.21 Å². The lowest BCUT2D eigenvalue weighted by Gasteiger charge is -2.00. The Balaban J connectivity index is 2.14. The molecule has 0 amide bonds. The van der Waals surface area contributed by atoms with E-state index in [1.54, 1.807) is 0 Å². The largest absolute Gasteiger partial charge is 0.317 e. The topological polar surface area (TPSA) is 32.3 Å². The van der Waals surface area contributed by atoms with Crippen molar-refractivity contribution in [2.45, 2.75) is 12.5 Å². The third kappa shape index (κ3) is 1.33. The molecule has 1 unspecified atom stereocenters.